The van der Waals surface area contributed by atoms with Crippen LogP contribution < -0.4 is 0 Å². The van der Waals surface area contributed by atoms with Gasteiger partial charge in [-0.15, -0.1) is 0 Å². The van der Waals surface area contributed by atoms with Crippen molar-refractivity contribution in [2.45, 2.75) is 26.4 Å². The molecule has 120 valence electrons. The van der Waals surface area contributed by atoms with Crippen molar-refractivity contribution in [1.29, 1.82) is 0 Å². The van der Waals surface area contributed by atoms with Crippen molar-refractivity contribution in [1.82, 2.24) is 4.90 Å². The van der Waals surface area contributed by atoms with Gasteiger partial charge in [-0.2, -0.15) is 0 Å². The van der Waals surface area contributed by atoms with Crippen LogP contribution in [0.1, 0.15) is 26.3 Å². The SMILES string of the molecule is CC(C)(C)OC(=O)N1C[C@@H](CBr)[C@H](C=Cc2ccccc2)C1. The van der Waals surface area contributed by atoms with Crippen molar-refractivity contribution < 1.29 is 9.53 Å². The van der Waals surface area contributed by atoms with Crippen LogP contribution in [0.5, 0.6) is 0 Å². The van der Waals surface area contributed by atoms with Crippen LogP contribution in [0.4, 0.5) is 4.79 Å². The maximum Gasteiger partial charge on any atom is 0.410 e. The zero-order valence-corrected chi connectivity index (χ0v) is 15.0. The average Bonchev–Trinajstić information content (AvgIpc) is 2.88. The van der Waals surface area contributed by atoms with E-state index in [2.05, 4.69) is 40.2 Å². The summed E-state index contributed by atoms with van der Waals surface area (Å²) in [6.07, 6.45) is 4.14. The normalized spacial score (nSPS) is 22.3. The van der Waals surface area contributed by atoms with Gasteiger partial charge in [-0.05, 0) is 32.3 Å². The van der Waals surface area contributed by atoms with Crippen LogP contribution in [0.3, 0.4) is 0 Å². The highest BCUT2D eigenvalue weighted by atomic mass is 79.9. The van der Waals surface area contributed by atoms with E-state index >= 15 is 0 Å². The Morgan fingerprint density at radius 1 is 1.32 bits per heavy atom. The molecule has 4 heteroatoms. The lowest BCUT2D eigenvalue weighted by molar-refractivity contribution is 0.0287. The Balaban J connectivity index is 2.00. The molecule has 0 aliphatic carbocycles. The molecule has 2 rings (SSSR count). The van der Waals surface area contributed by atoms with E-state index in [0.717, 1.165) is 11.9 Å². The van der Waals surface area contributed by atoms with Crippen LogP contribution in [-0.2, 0) is 4.74 Å². The zero-order valence-electron chi connectivity index (χ0n) is 13.5. The fraction of sp³-hybridized carbons (Fsp3) is 0.500. The van der Waals surface area contributed by atoms with Crippen molar-refractivity contribution >= 4 is 28.1 Å². The lowest BCUT2D eigenvalue weighted by Gasteiger charge is -2.24. The maximum atomic E-state index is 12.2. The van der Waals surface area contributed by atoms with E-state index in [4.69, 9.17) is 4.74 Å². The first kappa shape index (κ1) is 17.1. The quantitative estimate of drug-likeness (QED) is 0.733. The van der Waals surface area contributed by atoms with Crippen molar-refractivity contribution in [3.05, 3.63) is 42.0 Å². The van der Waals surface area contributed by atoms with Gasteiger partial charge in [0.25, 0.3) is 0 Å². The summed E-state index contributed by atoms with van der Waals surface area (Å²) in [5, 5.41) is 0.885. The van der Waals surface area contributed by atoms with Gasteiger partial charge in [-0.25, -0.2) is 4.79 Å². The minimum absolute atomic E-state index is 0.214. The molecule has 1 heterocycles. The van der Waals surface area contributed by atoms with E-state index in [1.807, 2.05) is 43.9 Å². The third-order valence-electron chi connectivity index (χ3n) is 3.68. The van der Waals surface area contributed by atoms with E-state index in [1.165, 1.54) is 5.56 Å². The largest absolute Gasteiger partial charge is 0.444 e. The number of carbonyl (C=O) groups excluding carboxylic acids is 1. The molecular formula is C18H24BrNO2. The van der Waals surface area contributed by atoms with Crippen LogP contribution in [0.25, 0.3) is 6.08 Å². The maximum absolute atomic E-state index is 12.2. The minimum atomic E-state index is -0.445. The second kappa shape index (κ2) is 7.32. The number of nitrogens with zero attached hydrogens (tertiary/aromatic N) is 1. The number of rotatable bonds is 3. The van der Waals surface area contributed by atoms with E-state index < -0.39 is 5.60 Å². The second-order valence-corrected chi connectivity index (χ2v) is 7.38. The Hall–Kier alpha value is -1.29. The van der Waals surface area contributed by atoms with Gasteiger partial charge in [0.15, 0.2) is 0 Å². The van der Waals surface area contributed by atoms with Crippen LogP contribution in [0.15, 0.2) is 36.4 Å². The molecule has 0 aromatic heterocycles. The summed E-state index contributed by atoms with van der Waals surface area (Å²) in [5.74, 6) is 0.777. The van der Waals surface area contributed by atoms with E-state index in [0.29, 0.717) is 18.4 Å². The highest BCUT2D eigenvalue weighted by Gasteiger charge is 2.35. The molecule has 1 fully saturated rings. The van der Waals surface area contributed by atoms with Crippen LogP contribution in [-0.4, -0.2) is 35.0 Å². The molecule has 1 aliphatic rings. The van der Waals surface area contributed by atoms with Gasteiger partial charge in [0, 0.05) is 24.3 Å². The molecule has 3 nitrogen and oxygen atoms in total. The highest BCUT2D eigenvalue weighted by Crippen LogP contribution is 2.28. The second-order valence-electron chi connectivity index (χ2n) is 6.73. The van der Waals surface area contributed by atoms with Crippen LogP contribution >= 0.6 is 15.9 Å². The summed E-state index contributed by atoms with van der Waals surface area (Å²) >= 11 is 3.57. The van der Waals surface area contributed by atoms with Crippen molar-refractivity contribution in [2.24, 2.45) is 11.8 Å². The number of carbonyl (C=O) groups is 1. The standard InChI is InChI=1S/C18H24BrNO2/c1-18(2,3)22-17(21)20-12-15(16(11-19)13-20)10-9-14-7-5-4-6-8-14/h4-10,15-16H,11-13H2,1-3H3/t15-,16-/m1/s1. The number of amides is 1. The lowest BCUT2D eigenvalue weighted by atomic mass is 9.97. The molecule has 0 saturated carbocycles. The van der Waals surface area contributed by atoms with Gasteiger partial charge in [-0.3, -0.25) is 0 Å². The Kier molecular flexibility index (Phi) is 5.68. The molecular weight excluding hydrogens is 342 g/mol. The van der Waals surface area contributed by atoms with E-state index in [1.54, 1.807) is 0 Å². The molecule has 1 aromatic rings. The smallest absolute Gasteiger partial charge is 0.410 e. The first-order valence-corrected chi connectivity index (χ1v) is 8.78. The van der Waals surface area contributed by atoms with E-state index in [-0.39, 0.29) is 6.09 Å². The van der Waals surface area contributed by atoms with Crippen molar-refractivity contribution in [2.75, 3.05) is 18.4 Å². The first-order valence-electron chi connectivity index (χ1n) is 7.66. The predicted octanol–water partition coefficient (Wildman–Crippen LogP) is 4.58. The topological polar surface area (TPSA) is 29.5 Å². The Bertz CT molecular complexity index is 522. The number of likely N-dealkylation sites (tertiary alicyclic amines) is 1. The number of alkyl halides is 1. The van der Waals surface area contributed by atoms with Gasteiger partial charge >= 0.3 is 6.09 Å². The number of halogens is 1. The molecule has 2 atom stereocenters. The molecule has 0 radical (unpaired) electrons. The predicted molar refractivity (Wildman–Crippen MR) is 94.1 cm³/mol. The molecule has 0 N–H and O–H groups in total. The third kappa shape index (κ3) is 4.87. The molecule has 0 unspecified atom stereocenters. The first-order chi connectivity index (χ1) is 10.4. The molecule has 0 spiro atoms. The van der Waals surface area contributed by atoms with Crippen molar-refractivity contribution in [3.8, 4) is 0 Å². The zero-order chi connectivity index (χ0) is 16.2. The van der Waals surface area contributed by atoms with Gasteiger partial charge in [0.1, 0.15) is 5.60 Å². The Labute approximate surface area is 141 Å². The van der Waals surface area contributed by atoms with Crippen LogP contribution in [0, 0.1) is 11.8 Å². The summed E-state index contributed by atoms with van der Waals surface area (Å²) in [7, 11) is 0. The van der Waals surface area contributed by atoms with Gasteiger partial charge in [-0.1, -0.05) is 58.4 Å². The molecule has 0 bridgehead atoms. The molecule has 22 heavy (non-hydrogen) atoms. The average molecular weight is 366 g/mol. The number of hydrogen-bond acceptors (Lipinski definition) is 2. The lowest BCUT2D eigenvalue weighted by Crippen LogP contribution is -2.35. The fourth-order valence-corrected chi connectivity index (χ4v) is 3.24. The summed E-state index contributed by atoms with van der Waals surface area (Å²) < 4.78 is 5.47. The van der Waals surface area contributed by atoms with Crippen LogP contribution in [0.2, 0.25) is 0 Å². The summed E-state index contributed by atoms with van der Waals surface area (Å²) in [4.78, 5) is 14.0. The highest BCUT2D eigenvalue weighted by molar-refractivity contribution is 9.09. The molecule has 1 saturated heterocycles. The monoisotopic (exact) mass is 365 g/mol. The third-order valence-corrected chi connectivity index (χ3v) is 4.51. The summed E-state index contributed by atoms with van der Waals surface area (Å²) in [5.41, 5.74) is 0.741. The Morgan fingerprint density at radius 2 is 2.00 bits per heavy atom. The van der Waals surface area contributed by atoms with E-state index in [9.17, 15) is 4.79 Å². The van der Waals surface area contributed by atoms with Gasteiger partial charge < -0.3 is 9.64 Å². The number of benzene rings is 1. The summed E-state index contributed by atoms with van der Waals surface area (Å²) in [6.45, 7) is 7.15. The molecule has 1 amide bonds. The summed E-state index contributed by atoms with van der Waals surface area (Å²) in [6, 6.07) is 10.2. The fourth-order valence-electron chi connectivity index (χ4n) is 2.55. The van der Waals surface area contributed by atoms with Gasteiger partial charge in [0.05, 0.1) is 0 Å². The number of ether oxygens (including phenoxy) is 1. The van der Waals surface area contributed by atoms with Gasteiger partial charge in [0.2, 0.25) is 0 Å². The molecule has 1 aliphatic heterocycles. The number of hydrogen-bond donors (Lipinski definition) is 0. The minimum Gasteiger partial charge on any atom is -0.444 e. The van der Waals surface area contributed by atoms with Crippen molar-refractivity contribution in [3.63, 3.8) is 0 Å². The Morgan fingerprint density at radius 3 is 2.59 bits per heavy atom. The molecule has 1 aromatic carbocycles.